The van der Waals surface area contributed by atoms with Crippen molar-refractivity contribution in [3.05, 3.63) is 18.5 Å². The Morgan fingerprint density at radius 3 is 2.63 bits per heavy atom. The SMILES string of the molecule is CN(CCC(F)(F)F)S(=O)(=O)c1cnccc1NN. The fourth-order valence-corrected chi connectivity index (χ4v) is 2.54. The van der Waals surface area contributed by atoms with Crippen LogP contribution in [0.1, 0.15) is 6.42 Å². The van der Waals surface area contributed by atoms with Gasteiger partial charge in [0.2, 0.25) is 10.0 Å². The largest absolute Gasteiger partial charge is 0.390 e. The third-order valence-corrected chi connectivity index (χ3v) is 4.22. The minimum absolute atomic E-state index is 0.0638. The Kier molecular flexibility index (Phi) is 4.71. The van der Waals surface area contributed by atoms with E-state index in [9.17, 15) is 21.6 Å². The molecule has 0 aromatic carbocycles. The van der Waals surface area contributed by atoms with Gasteiger partial charge >= 0.3 is 6.18 Å². The number of nitrogens with two attached hydrogens (primary N) is 1. The van der Waals surface area contributed by atoms with Crippen LogP contribution in [0.4, 0.5) is 18.9 Å². The van der Waals surface area contributed by atoms with Crippen molar-refractivity contribution in [3.63, 3.8) is 0 Å². The Hall–Kier alpha value is -1.39. The maximum atomic E-state index is 12.1. The van der Waals surface area contributed by atoms with Crippen molar-refractivity contribution in [2.75, 3.05) is 19.0 Å². The molecule has 0 saturated heterocycles. The summed E-state index contributed by atoms with van der Waals surface area (Å²) in [5.41, 5.74) is 2.22. The van der Waals surface area contributed by atoms with Gasteiger partial charge in [0.05, 0.1) is 12.1 Å². The van der Waals surface area contributed by atoms with E-state index in [0.29, 0.717) is 4.31 Å². The van der Waals surface area contributed by atoms with Crippen molar-refractivity contribution < 1.29 is 21.6 Å². The normalized spacial score (nSPS) is 12.7. The van der Waals surface area contributed by atoms with Gasteiger partial charge in [-0.1, -0.05) is 0 Å². The number of aromatic nitrogens is 1. The number of nitrogens with one attached hydrogen (secondary N) is 1. The van der Waals surface area contributed by atoms with Gasteiger partial charge in [0.15, 0.2) is 0 Å². The lowest BCUT2D eigenvalue weighted by molar-refractivity contribution is -0.135. The average molecular weight is 298 g/mol. The smallest absolute Gasteiger partial charge is 0.323 e. The summed E-state index contributed by atoms with van der Waals surface area (Å²) in [5, 5.41) is 0. The molecule has 0 amide bonds. The van der Waals surface area contributed by atoms with Crippen molar-refractivity contribution in [3.8, 4) is 0 Å². The fraction of sp³-hybridized carbons (Fsp3) is 0.444. The molecule has 0 radical (unpaired) electrons. The second-order valence-electron chi connectivity index (χ2n) is 3.71. The number of nitrogens with zero attached hydrogens (tertiary/aromatic N) is 2. The van der Waals surface area contributed by atoms with Crippen LogP contribution in [0.3, 0.4) is 0 Å². The van der Waals surface area contributed by atoms with E-state index < -0.39 is 29.2 Å². The Morgan fingerprint density at radius 2 is 2.11 bits per heavy atom. The van der Waals surface area contributed by atoms with Crippen LogP contribution >= 0.6 is 0 Å². The first-order valence-electron chi connectivity index (χ1n) is 5.12. The summed E-state index contributed by atoms with van der Waals surface area (Å²) in [4.78, 5) is 3.35. The van der Waals surface area contributed by atoms with Crippen LogP contribution in [0.25, 0.3) is 0 Å². The van der Waals surface area contributed by atoms with Crippen LogP contribution in [0, 0.1) is 0 Å². The molecule has 1 aromatic heterocycles. The molecule has 0 aliphatic carbocycles. The Labute approximate surface area is 108 Å². The monoisotopic (exact) mass is 298 g/mol. The van der Waals surface area contributed by atoms with Gasteiger partial charge in [-0.2, -0.15) is 13.2 Å². The van der Waals surface area contributed by atoms with Crippen LogP contribution in [0.15, 0.2) is 23.4 Å². The molecule has 3 N–H and O–H groups in total. The summed E-state index contributed by atoms with van der Waals surface area (Å²) in [6.07, 6.45) is -3.32. The van der Waals surface area contributed by atoms with Crippen molar-refractivity contribution in [2.24, 2.45) is 5.84 Å². The highest BCUT2D eigenvalue weighted by molar-refractivity contribution is 7.89. The van der Waals surface area contributed by atoms with Crippen LogP contribution in [0.2, 0.25) is 0 Å². The lowest BCUT2D eigenvalue weighted by atomic mass is 10.4. The van der Waals surface area contributed by atoms with Gasteiger partial charge in [-0.05, 0) is 6.07 Å². The van der Waals surface area contributed by atoms with Gasteiger partial charge in [0.1, 0.15) is 4.90 Å². The topological polar surface area (TPSA) is 88.3 Å². The Bertz CT molecular complexity index is 533. The average Bonchev–Trinajstić information content (AvgIpc) is 2.34. The third kappa shape index (κ3) is 4.04. The van der Waals surface area contributed by atoms with Crippen molar-refractivity contribution >= 4 is 15.7 Å². The number of nitrogen functional groups attached to an aromatic ring is 1. The Morgan fingerprint density at radius 1 is 1.47 bits per heavy atom. The van der Waals surface area contributed by atoms with Crippen LogP contribution in [-0.4, -0.2) is 37.5 Å². The number of sulfonamides is 1. The van der Waals surface area contributed by atoms with Crippen LogP contribution in [-0.2, 0) is 10.0 Å². The van der Waals surface area contributed by atoms with E-state index in [1.807, 2.05) is 0 Å². The molecule has 0 atom stereocenters. The van der Waals surface area contributed by atoms with Gasteiger partial charge in [-0.3, -0.25) is 10.8 Å². The number of hydrogen-bond acceptors (Lipinski definition) is 5. The molecule has 108 valence electrons. The molecule has 19 heavy (non-hydrogen) atoms. The molecule has 0 fully saturated rings. The zero-order chi connectivity index (χ0) is 14.7. The van der Waals surface area contributed by atoms with E-state index in [4.69, 9.17) is 5.84 Å². The summed E-state index contributed by atoms with van der Waals surface area (Å²) in [6, 6.07) is 1.31. The van der Waals surface area contributed by atoms with E-state index in [0.717, 1.165) is 13.2 Å². The Balaban J connectivity index is 2.97. The summed E-state index contributed by atoms with van der Waals surface area (Å²) >= 11 is 0. The standard InChI is InChI=1S/C9H13F3N4O2S/c1-16(5-3-9(10,11)12)19(17,18)8-6-14-4-2-7(8)15-13/h2,4,6H,3,5,13H2,1H3,(H,14,15). The number of alkyl halides is 3. The molecule has 0 saturated carbocycles. The molecule has 1 rings (SSSR count). The molecule has 0 bridgehead atoms. The van der Waals surface area contributed by atoms with E-state index in [1.165, 1.54) is 12.3 Å². The summed E-state index contributed by atoms with van der Waals surface area (Å²) in [6.45, 7) is -0.676. The summed E-state index contributed by atoms with van der Waals surface area (Å²) in [7, 11) is -3.01. The second kappa shape index (κ2) is 5.72. The second-order valence-corrected chi connectivity index (χ2v) is 5.72. The first-order chi connectivity index (χ1) is 8.68. The maximum absolute atomic E-state index is 12.1. The maximum Gasteiger partial charge on any atom is 0.390 e. The highest BCUT2D eigenvalue weighted by Gasteiger charge is 2.31. The minimum Gasteiger partial charge on any atom is -0.323 e. The lowest BCUT2D eigenvalue weighted by Crippen LogP contribution is -2.31. The van der Waals surface area contributed by atoms with Gasteiger partial charge in [-0.15, -0.1) is 0 Å². The summed E-state index contributed by atoms with van der Waals surface area (Å²) in [5.74, 6) is 5.15. The number of pyridine rings is 1. The molecule has 6 nitrogen and oxygen atoms in total. The minimum atomic E-state index is -4.42. The molecular formula is C9H13F3N4O2S. The number of halogens is 3. The zero-order valence-electron chi connectivity index (χ0n) is 9.98. The molecular weight excluding hydrogens is 285 g/mol. The predicted octanol–water partition coefficient (Wildman–Crippen LogP) is 0.940. The van der Waals surface area contributed by atoms with Gasteiger partial charge in [0, 0.05) is 26.0 Å². The molecule has 1 aromatic rings. The van der Waals surface area contributed by atoms with Crippen molar-refractivity contribution in [2.45, 2.75) is 17.5 Å². The molecule has 0 spiro atoms. The zero-order valence-corrected chi connectivity index (χ0v) is 10.8. The molecule has 0 aliphatic rings. The first-order valence-corrected chi connectivity index (χ1v) is 6.56. The number of hydrogen-bond donors (Lipinski definition) is 2. The number of anilines is 1. The van der Waals surface area contributed by atoms with E-state index >= 15 is 0 Å². The van der Waals surface area contributed by atoms with Gasteiger partial charge < -0.3 is 5.43 Å². The van der Waals surface area contributed by atoms with E-state index in [1.54, 1.807) is 0 Å². The quantitative estimate of drug-likeness (QED) is 0.624. The van der Waals surface area contributed by atoms with E-state index in [2.05, 4.69) is 10.4 Å². The third-order valence-electron chi connectivity index (χ3n) is 2.34. The predicted molar refractivity (Wildman–Crippen MR) is 62.5 cm³/mol. The lowest BCUT2D eigenvalue weighted by Gasteiger charge is -2.19. The van der Waals surface area contributed by atoms with Crippen molar-refractivity contribution in [1.29, 1.82) is 0 Å². The van der Waals surface area contributed by atoms with Gasteiger partial charge in [-0.25, -0.2) is 12.7 Å². The molecule has 0 unspecified atom stereocenters. The highest BCUT2D eigenvalue weighted by atomic mass is 32.2. The molecule has 10 heteroatoms. The van der Waals surface area contributed by atoms with E-state index in [-0.39, 0.29) is 10.6 Å². The highest BCUT2D eigenvalue weighted by Crippen LogP contribution is 2.24. The fourth-order valence-electron chi connectivity index (χ4n) is 1.28. The van der Waals surface area contributed by atoms with Crippen molar-refractivity contribution in [1.82, 2.24) is 9.29 Å². The number of hydrazine groups is 1. The first kappa shape index (κ1) is 15.7. The van der Waals surface area contributed by atoms with Crippen LogP contribution in [0.5, 0.6) is 0 Å². The molecule has 0 aliphatic heterocycles. The van der Waals surface area contributed by atoms with Crippen LogP contribution < -0.4 is 11.3 Å². The number of rotatable bonds is 5. The molecule has 1 heterocycles. The summed E-state index contributed by atoms with van der Waals surface area (Å²) < 4.78 is 61.0. The van der Waals surface area contributed by atoms with Gasteiger partial charge in [0.25, 0.3) is 0 Å².